The Morgan fingerprint density at radius 1 is 1.64 bits per heavy atom. The molecule has 0 aromatic rings. The van der Waals surface area contributed by atoms with E-state index in [4.69, 9.17) is 16.7 Å². The average Bonchev–Trinajstić information content (AvgIpc) is 2.94. The zero-order valence-electron chi connectivity index (χ0n) is 8.58. The van der Waals surface area contributed by atoms with Crippen molar-refractivity contribution in [1.82, 2.24) is 4.90 Å². The summed E-state index contributed by atoms with van der Waals surface area (Å²) < 4.78 is 0. The summed E-state index contributed by atoms with van der Waals surface area (Å²) >= 11 is 5.72. The van der Waals surface area contributed by atoms with Crippen LogP contribution in [0.15, 0.2) is 0 Å². The van der Waals surface area contributed by atoms with E-state index in [0.29, 0.717) is 12.6 Å². The van der Waals surface area contributed by atoms with Gasteiger partial charge in [0.25, 0.3) is 0 Å². The molecule has 1 aliphatic rings. The largest absolute Gasteiger partial charge is 0.480 e. The molecule has 0 aliphatic heterocycles. The van der Waals surface area contributed by atoms with Crippen molar-refractivity contribution in [2.24, 2.45) is 0 Å². The van der Waals surface area contributed by atoms with Crippen LogP contribution in [-0.2, 0) is 4.79 Å². The maximum atomic E-state index is 10.6. The van der Waals surface area contributed by atoms with Crippen LogP contribution in [0.25, 0.3) is 0 Å². The molecule has 1 rings (SSSR count). The first kappa shape index (κ1) is 11.8. The van der Waals surface area contributed by atoms with Gasteiger partial charge in [0.2, 0.25) is 0 Å². The van der Waals surface area contributed by atoms with E-state index in [9.17, 15) is 4.79 Å². The van der Waals surface area contributed by atoms with Crippen LogP contribution in [0.3, 0.4) is 0 Å². The Balaban J connectivity index is 2.30. The molecule has 0 heterocycles. The molecule has 0 saturated heterocycles. The summed E-state index contributed by atoms with van der Waals surface area (Å²) in [6.45, 7) is 3.61. The molecule has 0 bridgehead atoms. The van der Waals surface area contributed by atoms with Crippen molar-refractivity contribution in [3.05, 3.63) is 0 Å². The van der Waals surface area contributed by atoms with E-state index in [1.165, 1.54) is 12.8 Å². The van der Waals surface area contributed by atoms with Crippen LogP contribution in [0.5, 0.6) is 0 Å². The third kappa shape index (κ3) is 3.84. The number of hydrogen-bond acceptors (Lipinski definition) is 2. The molecule has 3 nitrogen and oxygen atoms in total. The van der Waals surface area contributed by atoms with Crippen LogP contribution < -0.4 is 0 Å². The van der Waals surface area contributed by atoms with Crippen molar-refractivity contribution in [1.29, 1.82) is 0 Å². The third-order valence-corrected chi connectivity index (χ3v) is 2.85. The van der Waals surface area contributed by atoms with Gasteiger partial charge in [0.1, 0.15) is 5.38 Å². The van der Waals surface area contributed by atoms with E-state index in [2.05, 4.69) is 11.8 Å². The van der Waals surface area contributed by atoms with Gasteiger partial charge >= 0.3 is 5.97 Å². The van der Waals surface area contributed by atoms with E-state index in [-0.39, 0.29) is 0 Å². The number of unbranched alkanes of at least 4 members (excludes halogenated alkanes) is 1. The lowest BCUT2D eigenvalue weighted by atomic mass is 10.3. The Morgan fingerprint density at radius 3 is 2.71 bits per heavy atom. The number of alkyl halides is 1. The number of carbonyl (C=O) groups is 1. The molecule has 82 valence electrons. The number of aliphatic carboxylic acids is 1. The molecule has 1 atom stereocenters. The van der Waals surface area contributed by atoms with Crippen molar-refractivity contribution in [2.75, 3.05) is 13.1 Å². The molecule has 1 unspecified atom stereocenters. The predicted octanol–water partition coefficient (Wildman–Crippen LogP) is 1.94. The molecular weight excluding hydrogens is 202 g/mol. The van der Waals surface area contributed by atoms with Crippen LogP contribution in [0.2, 0.25) is 0 Å². The minimum Gasteiger partial charge on any atom is -0.480 e. The van der Waals surface area contributed by atoms with Gasteiger partial charge in [-0.2, -0.15) is 0 Å². The summed E-state index contributed by atoms with van der Waals surface area (Å²) in [5.41, 5.74) is 0. The molecule has 1 aliphatic carbocycles. The summed E-state index contributed by atoms with van der Waals surface area (Å²) in [6, 6.07) is 0.599. The molecule has 1 N–H and O–H groups in total. The molecule has 0 aromatic carbocycles. The summed E-state index contributed by atoms with van der Waals surface area (Å²) in [5, 5.41) is 7.94. The average molecular weight is 220 g/mol. The zero-order valence-corrected chi connectivity index (χ0v) is 9.33. The molecule has 0 aromatic heterocycles. The van der Waals surface area contributed by atoms with Crippen molar-refractivity contribution >= 4 is 17.6 Å². The molecule has 0 amide bonds. The van der Waals surface area contributed by atoms with Crippen LogP contribution >= 0.6 is 11.6 Å². The zero-order chi connectivity index (χ0) is 10.6. The smallest absolute Gasteiger partial charge is 0.322 e. The van der Waals surface area contributed by atoms with Gasteiger partial charge in [-0.3, -0.25) is 9.69 Å². The van der Waals surface area contributed by atoms with Gasteiger partial charge in [0.05, 0.1) is 0 Å². The Bertz CT molecular complexity index is 195. The number of rotatable bonds is 7. The van der Waals surface area contributed by atoms with Gasteiger partial charge in [-0.1, -0.05) is 13.3 Å². The highest BCUT2D eigenvalue weighted by Gasteiger charge is 2.31. The van der Waals surface area contributed by atoms with Gasteiger partial charge in [-0.05, 0) is 25.8 Å². The molecule has 0 radical (unpaired) electrons. The highest BCUT2D eigenvalue weighted by atomic mass is 35.5. The second-order valence-corrected chi connectivity index (χ2v) is 4.41. The van der Waals surface area contributed by atoms with E-state index in [1.54, 1.807) is 0 Å². The number of hydrogen-bond donors (Lipinski definition) is 1. The first-order valence-corrected chi connectivity index (χ1v) is 5.69. The summed E-state index contributed by atoms with van der Waals surface area (Å²) in [6.07, 6.45) is 4.67. The van der Waals surface area contributed by atoms with Crippen molar-refractivity contribution in [2.45, 2.75) is 44.0 Å². The molecule has 14 heavy (non-hydrogen) atoms. The molecule has 1 fully saturated rings. The van der Waals surface area contributed by atoms with Crippen molar-refractivity contribution in [3.8, 4) is 0 Å². The fourth-order valence-electron chi connectivity index (χ4n) is 1.51. The SMILES string of the molecule is CCCCN(CC(Cl)C(=O)O)C1CC1. The van der Waals surface area contributed by atoms with Crippen LogP contribution in [0, 0.1) is 0 Å². The lowest BCUT2D eigenvalue weighted by Gasteiger charge is -2.22. The Morgan fingerprint density at radius 2 is 2.29 bits per heavy atom. The standard InChI is InChI=1S/C10H18ClNO2/c1-2-3-6-12(8-4-5-8)7-9(11)10(13)14/h8-9H,2-7H2,1H3,(H,13,14). The highest BCUT2D eigenvalue weighted by molar-refractivity contribution is 6.29. The topological polar surface area (TPSA) is 40.5 Å². The second-order valence-electron chi connectivity index (χ2n) is 3.89. The molecular formula is C10H18ClNO2. The molecule has 1 saturated carbocycles. The van der Waals surface area contributed by atoms with Crippen LogP contribution in [0.4, 0.5) is 0 Å². The maximum absolute atomic E-state index is 10.6. The Labute approximate surface area is 90.0 Å². The predicted molar refractivity (Wildman–Crippen MR) is 56.8 cm³/mol. The van der Waals surface area contributed by atoms with E-state index >= 15 is 0 Å². The highest BCUT2D eigenvalue weighted by Crippen LogP contribution is 2.27. The molecule has 4 heteroatoms. The molecule has 0 spiro atoms. The first-order chi connectivity index (χ1) is 6.65. The van der Waals surface area contributed by atoms with Crippen LogP contribution in [0.1, 0.15) is 32.6 Å². The second kappa shape index (κ2) is 5.56. The van der Waals surface area contributed by atoms with Crippen molar-refractivity contribution < 1.29 is 9.90 Å². The monoisotopic (exact) mass is 219 g/mol. The summed E-state index contributed by atoms with van der Waals surface area (Å²) in [7, 11) is 0. The number of halogens is 1. The Kier molecular flexibility index (Phi) is 4.69. The Hall–Kier alpha value is -0.280. The third-order valence-electron chi connectivity index (χ3n) is 2.52. The van der Waals surface area contributed by atoms with Crippen molar-refractivity contribution in [3.63, 3.8) is 0 Å². The van der Waals surface area contributed by atoms with Crippen LogP contribution in [-0.4, -0.2) is 40.5 Å². The van der Waals surface area contributed by atoms with E-state index < -0.39 is 11.3 Å². The number of carboxylic acid groups (broad SMARTS) is 1. The lowest BCUT2D eigenvalue weighted by molar-refractivity contribution is -0.137. The summed E-state index contributed by atoms with van der Waals surface area (Å²) in [5.74, 6) is -0.909. The fourth-order valence-corrected chi connectivity index (χ4v) is 1.69. The van der Waals surface area contributed by atoms with E-state index in [1.807, 2.05) is 0 Å². The number of carboxylic acids is 1. The normalized spacial score (nSPS) is 18.5. The minimum absolute atomic E-state index is 0.488. The van der Waals surface area contributed by atoms with Gasteiger partial charge in [-0.15, -0.1) is 11.6 Å². The minimum atomic E-state index is -0.909. The van der Waals surface area contributed by atoms with E-state index in [0.717, 1.165) is 19.4 Å². The lowest BCUT2D eigenvalue weighted by Crippen LogP contribution is -2.36. The van der Waals surface area contributed by atoms with Gasteiger partial charge < -0.3 is 5.11 Å². The van der Waals surface area contributed by atoms with Gasteiger partial charge in [0, 0.05) is 12.6 Å². The fraction of sp³-hybridized carbons (Fsp3) is 0.900. The van der Waals surface area contributed by atoms with Gasteiger partial charge in [0.15, 0.2) is 0 Å². The maximum Gasteiger partial charge on any atom is 0.322 e. The van der Waals surface area contributed by atoms with Gasteiger partial charge in [-0.25, -0.2) is 0 Å². The number of nitrogens with zero attached hydrogens (tertiary/aromatic N) is 1. The first-order valence-electron chi connectivity index (χ1n) is 5.26. The summed E-state index contributed by atoms with van der Waals surface area (Å²) in [4.78, 5) is 12.8. The quantitative estimate of drug-likeness (QED) is 0.666.